The van der Waals surface area contributed by atoms with Gasteiger partial charge in [-0.15, -0.1) is 0 Å². The van der Waals surface area contributed by atoms with Gasteiger partial charge in [-0.25, -0.2) is 22.7 Å². The van der Waals surface area contributed by atoms with E-state index in [0.29, 0.717) is 88.6 Å². The van der Waals surface area contributed by atoms with Gasteiger partial charge in [0.05, 0.1) is 57.0 Å². The lowest BCUT2D eigenvalue weighted by atomic mass is 9.96. The molecule has 8 heterocycles. The Bertz CT molecular complexity index is 3370. The Hall–Kier alpha value is -6.31. The molecule has 520 valence electrons. The van der Waals surface area contributed by atoms with Crippen LogP contribution in [0.3, 0.4) is 0 Å². The average Bonchev–Trinajstić information content (AvgIpc) is 1.12. The second-order valence-electron chi connectivity index (χ2n) is 22.7. The highest BCUT2D eigenvalue weighted by Gasteiger charge is 2.42. The number of carbonyl (C=O) groups is 3. The quantitative estimate of drug-likeness (QED) is 0.0322. The third kappa shape index (κ3) is 20.6. The number of rotatable bonds is 17. The van der Waals surface area contributed by atoms with Gasteiger partial charge in [-0.1, -0.05) is 68.9 Å². The first-order valence-corrected chi connectivity index (χ1v) is 31.2. The number of piperazine rings is 1. The fraction of sp³-hybridized carbons (Fsp3) is 0.516. The Labute approximate surface area is 589 Å². The van der Waals surface area contributed by atoms with Crippen molar-refractivity contribution in [3.63, 3.8) is 0 Å². The Balaban J connectivity index is 0.000000346. The predicted molar refractivity (Wildman–Crippen MR) is 377 cm³/mol. The molecule has 4 atom stereocenters. The van der Waals surface area contributed by atoms with E-state index in [1.54, 1.807) is 20.8 Å². The normalized spacial score (nSPS) is 19.3. The van der Waals surface area contributed by atoms with Crippen LogP contribution < -0.4 is 29.1 Å². The number of alkyl halides is 6. The molecule has 6 aliphatic heterocycles. The number of hydrogen-bond donors (Lipinski definition) is 0. The van der Waals surface area contributed by atoms with Gasteiger partial charge in [0, 0.05) is 87.1 Å². The minimum Gasteiger partial charge on any atom is -0.462 e. The number of amides is 1. The third-order valence-corrected chi connectivity index (χ3v) is 17.8. The number of likely N-dealkylation sites (tertiary alicyclic amines) is 2. The number of benzene rings is 2. The summed E-state index contributed by atoms with van der Waals surface area (Å²) in [5.74, 6) is -0.0493. The van der Waals surface area contributed by atoms with Crippen molar-refractivity contribution >= 4 is 118 Å². The van der Waals surface area contributed by atoms with E-state index in [4.69, 9.17) is 65.8 Å². The highest BCUT2D eigenvalue weighted by molar-refractivity contribution is 7.59. The topological polar surface area (TPSA) is 162 Å². The summed E-state index contributed by atoms with van der Waals surface area (Å²) in [6.07, 6.45) is 1.03. The van der Waals surface area contributed by atoms with Gasteiger partial charge in [0.25, 0.3) is 0 Å². The van der Waals surface area contributed by atoms with E-state index >= 15 is 0 Å². The summed E-state index contributed by atoms with van der Waals surface area (Å²) in [7, 11) is 0. The Morgan fingerprint density at radius 1 is 0.589 bits per heavy atom. The first-order valence-electron chi connectivity index (χ1n) is 30.5. The van der Waals surface area contributed by atoms with Gasteiger partial charge in [0.1, 0.15) is 30.9 Å². The molecule has 0 saturated carbocycles. The lowest BCUT2D eigenvalue weighted by Crippen LogP contribution is -2.56. The van der Waals surface area contributed by atoms with Gasteiger partial charge in [0.15, 0.2) is 0 Å². The fourth-order valence-electron chi connectivity index (χ4n) is 12.7. The number of nitrogens with zero attached hydrogens (tertiary/aromatic N) is 13. The van der Waals surface area contributed by atoms with Crippen LogP contribution in [0.5, 0.6) is 12.0 Å². The highest BCUT2D eigenvalue weighted by Crippen LogP contribution is 2.45. The largest absolute Gasteiger partial charge is 0.462 e. The molecule has 4 fully saturated rings. The summed E-state index contributed by atoms with van der Waals surface area (Å²) >= 11 is 12.1. The molecule has 4 aromatic rings. The molecule has 0 bridgehead atoms. The maximum Gasteiger partial charge on any atom is 0.419 e. The molecule has 0 spiro atoms. The van der Waals surface area contributed by atoms with Gasteiger partial charge in [-0.05, 0) is 108 Å². The van der Waals surface area contributed by atoms with E-state index < -0.39 is 35.4 Å². The standard InChI is InChI=1S/C30H35ClF3N7O2.C28H34ClF3N6O.C6H6O3.4H2S/c1-4-26(42)41-15-14-40(17-21(41)16-35-3)28-22-11-13-39(25-10-6-9-23(31)27(25)30(32,33)34)18-24(22)36-29(37-28)43-19-20-8-7-12-38(20)5-2;1-3-36-12-6-8-20(36)18-39-27-34-23-17-37(24-10-4-9-22(29)25(24)28(30,31)32)14-11-21(23)26(35-27)38-13-5-7-19(16-38)15-33-2;1-3-5(7)9-6(8)4-2;;;;/h4,6,9-10,20-21H,1,5,7-8,11-19H2,2H3;4,9-10,19-20H,3,5-8,11-18H2,1H3;3-4H,1-2H2;4*1H2/t20-,21-;19-,20-;;;;;/m00...../s1. The zero-order valence-corrected chi connectivity index (χ0v) is 58.6. The summed E-state index contributed by atoms with van der Waals surface area (Å²) in [6.45, 7) is 38.0. The number of piperidine rings is 1. The smallest absolute Gasteiger partial charge is 0.419 e. The number of ether oxygens (including phenoxy) is 3. The molecule has 19 nitrogen and oxygen atoms in total. The highest BCUT2D eigenvalue weighted by atomic mass is 35.5. The maximum atomic E-state index is 14.0. The third-order valence-electron chi connectivity index (χ3n) is 17.1. The molecule has 0 aliphatic carbocycles. The van der Waals surface area contributed by atoms with Crippen molar-refractivity contribution in [3.05, 3.63) is 141 Å². The molecule has 0 N–H and O–H groups in total. The molecule has 31 heteroatoms. The van der Waals surface area contributed by atoms with Crippen molar-refractivity contribution < 1.29 is 54.9 Å². The molecule has 4 saturated heterocycles. The molecular weight excluding hydrogens is 1360 g/mol. The SMILES string of the molecule is C=CC(=O)OC(=O)C=C.S.S.S.S.[C-]#[N+]C[C@@H]1CCCN(c2nc(OC[C@@H]3CCCN3CC)nc3c2CCN(c2cccc(Cl)c2C(F)(F)F)C3)C1.[C-]#[N+]C[C@H]1CN(c2nc(OC[C@@H]3CCCN3CC)nc3c2CCN(c2cccc(Cl)c2C(F)(F)F)C3)CCN1C(=O)C=C. The van der Waals surface area contributed by atoms with Gasteiger partial charge >= 0.3 is 36.3 Å². The van der Waals surface area contributed by atoms with Crippen molar-refractivity contribution in [1.82, 2.24) is 34.6 Å². The molecule has 2 aromatic carbocycles. The summed E-state index contributed by atoms with van der Waals surface area (Å²) in [5, 5.41) is -0.660. The zero-order valence-electron chi connectivity index (χ0n) is 53.1. The molecule has 1 amide bonds. The Morgan fingerprint density at radius 2 is 1.04 bits per heavy atom. The number of hydrogen-bond acceptors (Lipinski definition) is 16. The molecular formula is C64H83Cl2F6N13O6S4. The average molecular weight is 1440 g/mol. The van der Waals surface area contributed by atoms with Gasteiger partial charge in [0.2, 0.25) is 19.0 Å². The van der Waals surface area contributed by atoms with Crippen molar-refractivity contribution in [2.75, 3.05) is 118 Å². The van der Waals surface area contributed by atoms with Crippen LogP contribution in [0.25, 0.3) is 9.69 Å². The molecule has 6 aliphatic rings. The van der Waals surface area contributed by atoms with Crippen molar-refractivity contribution in [2.24, 2.45) is 5.92 Å². The number of likely N-dealkylation sites (N-methyl/N-ethyl adjacent to an activating group) is 2. The number of aromatic nitrogens is 4. The lowest BCUT2D eigenvalue weighted by molar-refractivity contribution is -0.152. The number of fused-ring (bicyclic) bond motifs is 2. The van der Waals surface area contributed by atoms with Gasteiger partial charge < -0.3 is 48.4 Å². The van der Waals surface area contributed by atoms with E-state index in [0.717, 1.165) is 107 Å². The van der Waals surface area contributed by atoms with Crippen LogP contribution in [0, 0.1) is 19.1 Å². The minimum atomic E-state index is -4.62. The van der Waals surface area contributed by atoms with Crippen molar-refractivity contribution in [1.29, 1.82) is 0 Å². The van der Waals surface area contributed by atoms with E-state index in [9.17, 15) is 40.7 Å². The second kappa shape index (κ2) is 37.4. The van der Waals surface area contributed by atoms with Crippen LogP contribution in [0.4, 0.5) is 49.4 Å². The summed E-state index contributed by atoms with van der Waals surface area (Å²) in [5.41, 5.74) is 1.44. The van der Waals surface area contributed by atoms with E-state index in [1.165, 1.54) is 36.4 Å². The molecule has 0 unspecified atom stereocenters. The van der Waals surface area contributed by atoms with E-state index in [1.807, 2.05) is 4.90 Å². The van der Waals surface area contributed by atoms with Crippen molar-refractivity contribution in [3.8, 4) is 12.0 Å². The summed E-state index contributed by atoms with van der Waals surface area (Å²) < 4.78 is 100. The Kier molecular flexibility index (Phi) is 32.0. The first-order chi connectivity index (χ1) is 43.6. The number of esters is 2. The van der Waals surface area contributed by atoms with E-state index in [2.05, 4.69) is 62.7 Å². The fourth-order valence-corrected chi connectivity index (χ4v) is 13.3. The maximum absolute atomic E-state index is 14.0. The second-order valence-corrected chi connectivity index (χ2v) is 23.5. The molecule has 0 radical (unpaired) electrons. The first kappa shape index (κ1) is 81.1. The molecule has 95 heavy (non-hydrogen) atoms. The van der Waals surface area contributed by atoms with Crippen LogP contribution in [0.2, 0.25) is 10.0 Å². The Morgan fingerprint density at radius 3 is 1.46 bits per heavy atom. The number of anilines is 4. The van der Waals surface area contributed by atoms with Gasteiger partial charge in [-0.3, -0.25) is 14.6 Å². The number of carbonyl (C=O) groups excluding carboxylic acids is 3. The van der Waals surface area contributed by atoms with Crippen molar-refractivity contribution in [2.45, 2.75) is 109 Å². The van der Waals surface area contributed by atoms with Crippen LogP contribution in [0.1, 0.15) is 86.0 Å². The molecule has 10 rings (SSSR count). The van der Waals surface area contributed by atoms with Crippen LogP contribution in [0.15, 0.2) is 74.4 Å². The van der Waals surface area contributed by atoms with Gasteiger partial charge in [-0.2, -0.15) is 100 Å². The van der Waals surface area contributed by atoms with Crippen LogP contribution in [-0.4, -0.2) is 169 Å². The monoisotopic (exact) mass is 1440 g/mol. The van der Waals surface area contributed by atoms with Crippen LogP contribution in [-0.2, 0) is 57.4 Å². The molecule has 2 aromatic heterocycles. The zero-order chi connectivity index (χ0) is 65.6. The van der Waals surface area contributed by atoms with E-state index in [-0.39, 0.29) is 131 Å². The summed E-state index contributed by atoms with van der Waals surface area (Å²) in [4.78, 5) is 73.1. The van der Waals surface area contributed by atoms with Crippen LogP contribution >= 0.6 is 77.2 Å². The minimum absolute atomic E-state index is 0. The lowest BCUT2D eigenvalue weighted by Gasteiger charge is -2.41. The predicted octanol–water partition coefficient (Wildman–Crippen LogP) is 11.3. The number of halogens is 8. The summed E-state index contributed by atoms with van der Waals surface area (Å²) in [6, 6.07) is 9.11.